The van der Waals surface area contributed by atoms with Crippen LogP contribution >= 0.6 is 0 Å². The van der Waals surface area contributed by atoms with E-state index in [1.807, 2.05) is 13.8 Å². The fourth-order valence-electron chi connectivity index (χ4n) is 0.911. The summed E-state index contributed by atoms with van der Waals surface area (Å²) in [6.45, 7) is 11.2. The molecule has 1 rings (SSSR count). The summed E-state index contributed by atoms with van der Waals surface area (Å²) in [6, 6.07) is 1.41. The van der Waals surface area contributed by atoms with Gasteiger partial charge in [0.1, 0.15) is 0 Å². The number of nitrogens with zero attached hydrogens (tertiary/aromatic N) is 1. The number of aromatic nitrogens is 2. The van der Waals surface area contributed by atoms with Crippen molar-refractivity contribution < 1.29 is 0 Å². The van der Waals surface area contributed by atoms with Gasteiger partial charge < -0.3 is 4.98 Å². The molecule has 1 aromatic heterocycles. The highest BCUT2D eigenvalue weighted by atomic mass is 16.1. The van der Waals surface area contributed by atoms with Crippen LogP contribution in [-0.4, -0.2) is 9.97 Å². The molecule has 1 aromatic rings. The Morgan fingerprint density at radius 1 is 1.47 bits per heavy atom. The maximum Gasteiger partial charge on any atom is 0.251 e. The summed E-state index contributed by atoms with van der Waals surface area (Å²) in [7, 11) is 0. The van der Waals surface area contributed by atoms with Gasteiger partial charge in [0.05, 0.1) is 12.0 Å². The predicted molar refractivity (Wildman–Crippen MR) is 64.6 cm³/mol. The van der Waals surface area contributed by atoms with E-state index in [1.54, 1.807) is 18.2 Å². The molecule has 80 valence electrons. The number of hydrogen-bond donors (Lipinski definition) is 1. The molecule has 0 saturated carbocycles. The van der Waals surface area contributed by atoms with Crippen LogP contribution in [0.3, 0.4) is 0 Å². The molecule has 0 unspecified atom stereocenters. The van der Waals surface area contributed by atoms with E-state index in [0.717, 1.165) is 5.57 Å². The Balaban J connectivity index is 0.000000921. The van der Waals surface area contributed by atoms with Gasteiger partial charge in [-0.15, -0.1) is 0 Å². The molecule has 3 nitrogen and oxygen atoms in total. The Hall–Kier alpha value is -1.90. The first-order valence-corrected chi connectivity index (χ1v) is 4.78. The first-order chi connectivity index (χ1) is 7.27. The van der Waals surface area contributed by atoms with E-state index >= 15 is 0 Å². The van der Waals surface area contributed by atoms with Crippen molar-refractivity contribution in [1.29, 1.82) is 0 Å². The Morgan fingerprint density at radius 3 is 2.60 bits per heavy atom. The molecule has 0 spiro atoms. The molecule has 0 aliphatic rings. The SMILES string of the molecule is C=C/C=C(\C=C)c1cc(=O)[nH]cn1.CC. The quantitative estimate of drug-likeness (QED) is 0.769. The molecule has 1 N–H and O–H groups in total. The lowest BCUT2D eigenvalue weighted by Gasteiger charge is -1.97. The molecule has 0 radical (unpaired) electrons. The third-order valence-electron chi connectivity index (χ3n) is 1.49. The summed E-state index contributed by atoms with van der Waals surface area (Å²) in [5.74, 6) is 0. The van der Waals surface area contributed by atoms with E-state index in [4.69, 9.17) is 0 Å². The zero-order chi connectivity index (χ0) is 11.7. The fourth-order valence-corrected chi connectivity index (χ4v) is 0.911. The maximum absolute atomic E-state index is 10.9. The number of nitrogens with one attached hydrogen (secondary N) is 1. The summed E-state index contributed by atoms with van der Waals surface area (Å²) >= 11 is 0. The Morgan fingerprint density at radius 2 is 2.13 bits per heavy atom. The zero-order valence-electron chi connectivity index (χ0n) is 9.16. The highest BCUT2D eigenvalue weighted by molar-refractivity contribution is 5.71. The molecular weight excluding hydrogens is 188 g/mol. The van der Waals surface area contributed by atoms with Crippen molar-refractivity contribution in [3.63, 3.8) is 0 Å². The van der Waals surface area contributed by atoms with E-state index in [9.17, 15) is 4.79 Å². The first-order valence-electron chi connectivity index (χ1n) is 4.78. The number of aromatic amines is 1. The second kappa shape index (κ2) is 7.50. The summed E-state index contributed by atoms with van der Waals surface area (Å²) in [4.78, 5) is 17.4. The second-order valence-electron chi connectivity index (χ2n) is 2.36. The Labute approximate surface area is 89.9 Å². The van der Waals surface area contributed by atoms with Crippen LogP contribution in [0.5, 0.6) is 0 Å². The standard InChI is InChI=1S/C10H10N2O.C2H6/c1-3-5-8(4-2)9-6-10(13)12-7-11-9;1-2/h3-7H,1-2H2,(H,11,12,13);1-2H3/b8-5+;. The molecule has 0 saturated heterocycles. The lowest BCUT2D eigenvalue weighted by molar-refractivity contribution is 1.10. The summed E-state index contributed by atoms with van der Waals surface area (Å²) in [6.07, 6.45) is 6.36. The van der Waals surface area contributed by atoms with E-state index in [-0.39, 0.29) is 5.56 Å². The molecule has 0 amide bonds. The van der Waals surface area contributed by atoms with Gasteiger partial charge in [0.15, 0.2) is 0 Å². The molecule has 0 aromatic carbocycles. The van der Waals surface area contributed by atoms with Crippen LogP contribution in [-0.2, 0) is 0 Å². The normalized spacial score (nSPS) is 9.87. The second-order valence-corrected chi connectivity index (χ2v) is 2.36. The van der Waals surface area contributed by atoms with Crippen molar-refractivity contribution in [2.24, 2.45) is 0 Å². The molecule has 0 fully saturated rings. The summed E-state index contributed by atoms with van der Waals surface area (Å²) < 4.78 is 0. The zero-order valence-corrected chi connectivity index (χ0v) is 9.16. The monoisotopic (exact) mass is 204 g/mol. The Kier molecular flexibility index (Phi) is 6.55. The minimum Gasteiger partial charge on any atom is -0.313 e. The first kappa shape index (κ1) is 13.1. The minimum absolute atomic E-state index is 0.179. The summed E-state index contributed by atoms with van der Waals surface area (Å²) in [5, 5.41) is 0. The molecule has 1 heterocycles. The van der Waals surface area contributed by atoms with Crippen LogP contribution in [0.4, 0.5) is 0 Å². The smallest absolute Gasteiger partial charge is 0.251 e. The lowest BCUT2D eigenvalue weighted by atomic mass is 10.1. The molecular formula is C12H16N2O. The number of allylic oxidation sites excluding steroid dienone is 4. The average Bonchev–Trinajstić information content (AvgIpc) is 2.28. The third-order valence-corrected chi connectivity index (χ3v) is 1.49. The van der Waals surface area contributed by atoms with E-state index < -0.39 is 0 Å². The van der Waals surface area contributed by atoms with Gasteiger partial charge in [0.25, 0.3) is 5.56 Å². The molecule has 15 heavy (non-hydrogen) atoms. The van der Waals surface area contributed by atoms with Gasteiger partial charge in [-0.25, -0.2) is 4.98 Å². The summed E-state index contributed by atoms with van der Waals surface area (Å²) in [5.41, 5.74) is 1.20. The van der Waals surface area contributed by atoms with Gasteiger partial charge >= 0.3 is 0 Å². The van der Waals surface area contributed by atoms with Crippen LogP contribution in [0.2, 0.25) is 0 Å². The van der Waals surface area contributed by atoms with Gasteiger partial charge in [-0.3, -0.25) is 4.79 Å². The van der Waals surface area contributed by atoms with Crippen molar-refractivity contribution in [3.8, 4) is 0 Å². The maximum atomic E-state index is 10.9. The van der Waals surface area contributed by atoms with Gasteiger partial charge in [-0.2, -0.15) is 0 Å². The number of H-pyrrole nitrogens is 1. The molecule has 0 atom stereocenters. The van der Waals surface area contributed by atoms with E-state index in [0.29, 0.717) is 5.69 Å². The average molecular weight is 204 g/mol. The lowest BCUT2D eigenvalue weighted by Crippen LogP contribution is -2.05. The molecule has 0 aliphatic carbocycles. The van der Waals surface area contributed by atoms with Gasteiger partial charge in [0.2, 0.25) is 0 Å². The topological polar surface area (TPSA) is 45.8 Å². The van der Waals surface area contributed by atoms with Crippen LogP contribution in [0, 0.1) is 0 Å². The fraction of sp³-hybridized carbons (Fsp3) is 0.167. The van der Waals surface area contributed by atoms with Crippen LogP contribution in [0.15, 0.2) is 48.6 Å². The van der Waals surface area contributed by atoms with Crippen molar-refractivity contribution in [3.05, 3.63) is 59.8 Å². The molecule has 0 bridgehead atoms. The predicted octanol–water partition coefficient (Wildman–Crippen LogP) is 2.55. The number of rotatable bonds is 3. The van der Waals surface area contributed by atoms with E-state index in [1.165, 1.54) is 12.4 Å². The van der Waals surface area contributed by atoms with Crippen LogP contribution in [0.1, 0.15) is 19.5 Å². The van der Waals surface area contributed by atoms with Crippen molar-refractivity contribution in [1.82, 2.24) is 9.97 Å². The van der Waals surface area contributed by atoms with Gasteiger partial charge in [-0.05, 0) is 5.57 Å². The molecule has 3 heteroatoms. The van der Waals surface area contributed by atoms with Gasteiger partial charge in [0, 0.05) is 6.07 Å². The largest absolute Gasteiger partial charge is 0.313 e. The van der Waals surface area contributed by atoms with Crippen molar-refractivity contribution in [2.75, 3.05) is 0 Å². The van der Waals surface area contributed by atoms with Gasteiger partial charge in [-0.1, -0.05) is 45.2 Å². The third kappa shape index (κ3) is 4.22. The van der Waals surface area contributed by atoms with Crippen LogP contribution < -0.4 is 5.56 Å². The van der Waals surface area contributed by atoms with E-state index in [2.05, 4.69) is 23.1 Å². The van der Waals surface area contributed by atoms with Crippen molar-refractivity contribution >= 4 is 5.57 Å². The van der Waals surface area contributed by atoms with Crippen LogP contribution in [0.25, 0.3) is 5.57 Å². The van der Waals surface area contributed by atoms with Crippen molar-refractivity contribution in [2.45, 2.75) is 13.8 Å². The highest BCUT2D eigenvalue weighted by Gasteiger charge is 1.97. The number of hydrogen-bond acceptors (Lipinski definition) is 2. The Bertz CT molecular complexity index is 402. The molecule has 0 aliphatic heterocycles. The minimum atomic E-state index is -0.179. The highest BCUT2D eigenvalue weighted by Crippen LogP contribution is 2.09.